The number of aromatic amines is 2. The molecule has 3 aromatic rings. The molecule has 1 aliphatic rings. The Bertz CT molecular complexity index is 1010. The van der Waals surface area contributed by atoms with Gasteiger partial charge in [-0.05, 0) is 30.0 Å². The van der Waals surface area contributed by atoms with E-state index in [0.717, 1.165) is 45.7 Å². The van der Waals surface area contributed by atoms with Gasteiger partial charge in [-0.3, -0.25) is 9.89 Å². The molecule has 0 spiro atoms. The van der Waals surface area contributed by atoms with E-state index in [1.165, 1.54) is 0 Å². The fraction of sp³-hybridized carbons (Fsp3) is 0.429. The summed E-state index contributed by atoms with van der Waals surface area (Å²) in [4.78, 5) is 17.1. The first kappa shape index (κ1) is 17.8. The van der Waals surface area contributed by atoms with Crippen molar-refractivity contribution in [1.29, 1.82) is 0 Å². The van der Waals surface area contributed by atoms with Crippen LogP contribution < -0.4 is 4.90 Å². The van der Waals surface area contributed by atoms with Crippen LogP contribution in [0.25, 0.3) is 22.3 Å². The zero-order valence-corrected chi connectivity index (χ0v) is 16.3. The van der Waals surface area contributed by atoms with E-state index in [4.69, 9.17) is 0 Å². The van der Waals surface area contributed by atoms with E-state index in [9.17, 15) is 9.90 Å². The van der Waals surface area contributed by atoms with Crippen molar-refractivity contribution in [2.75, 3.05) is 11.9 Å². The van der Waals surface area contributed by atoms with E-state index in [0.29, 0.717) is 12.8 Å². The van der Waals surface area contributed by atoms with Crippen LogP contribution in [0.1, 0.15) is 38.4 Å². The zero-order chi connectivity index (χ0) is 19.3. The molecule has 2 heterocycles. The van der Waals surface area contributed by atoms with Crippen molar-refractivity contribution in [2.45, 2.75) is 46.1 Å². The number of H-pyrrole nitrogens is 2. The minimum atomic E-state index is -0.383. The average molecular weight is 366 g/mol. The molecule has 1 aliphatic carbocycles. The Hall–Kier alpha value is -2.60. The lowest BCUT2D eigenvalue weighted by Crippen LogP contribution is -2.37. The molecule has 142 valence electrons. The first-order valence-corrected chi connectivity index (χ1v) is 9.44. The molecule has 0 fully saturated rings. The van der Waals surface area contributed by atoms with Crippen LogP contribution in [0, 0.1) is 5.41 Å². The maximum absolute atomic E-state index is 12.0. The molecular weight excluding hydrogens is 340 g/mol. The Labute approximate surface area is 158 Å². The average Bonchev–Trinajstić information content (AvgIpc) is 3.23. The minimum Gasteiger partial charge on any atom is -0.392 e. The Morgan fingerprint density at radius 1 is 1.37 bits per heavy atom. The number of fused-ring (bicyclic) bond motifs is 2. The van der Waals surface area contributed by atoms with Crippen molar-refractivity contribution >= 4 is 22.5 Å². The van der Waals surface area contributed by atoms with Crippen LogP contribution >= 0.6 is 0 Å². The number of anilines is 1. The van der Waals surface area contributed by atoms with Crippen molar-refractivity contribution in [3.63, 3.8) is 0 Å². The number of carbonyl (C=O) groups is 1. The van der Waals surface area contributed by atoms with Gasteiger partial charge >= 0.3 is 0 Å². The van der Waals surface area contributed by atoms with Gasteiger partial charge in [0, 0.05) is 47.7 Å². The minimum absolute atomic E-state index is 0.0825. The summed E-state index contributed by atoms with van der Waals surface area (Å²) in [5, 5.41) is 19.3. The molecule has 1 amide bonds. The van der Waals surface area contributed by atoms with Crippen LogP contribution in [0.5, 0.6) is 0 Å². The molecule has 0 aliphatic heterocycles. The van der Waals surface area contributed by atoms with Gasteiger partial charge in [-0.2, -0.15) is 5.10 Å². The Morgan fingerprint density at radius 3 is 2.89 bits per heavy atom. The zero-order valence-electron chi connectivity index (χ0n) is 16.3. The van der Waals surface area contributed by atoms with Crippen molar-refractivity contribution in [2.24, 2.45) is 5.41 Å². The first-order chi connectivity index (χ1) is 12.8. The summed E-state index contributed by atoms with van der Waals surface area (Å²) in [7, 11) is 1.80. The number of rotatable bonds is 3. The first-order valence-electron chi connectivity index (χ1n) is 9.44. The van der Waals surface area contributed by atoms with E-state index >= 15 is 0 Å². The lowest BCUT2D eigenvalue weighted by atomic mass is 9.74. The maximum Gasteiger partial charge on any atom is 0.226 e. The Morgan fingerprint density at radius 2 is 2.15 bits per heavy atom. The lowest BCUT2D eigenvalue weighted by molar-refractivity contribution is -0.118. The molecule has 3 N–H and O–H groups in total. The van der Waals surface area contributed by atoms with Gasteiger partial charge in [0.05, 0.1) is 11.8 Å². The second-order valence-electron chi connectivity index (χ2n) is 8.18. The largest absolute Gasteiger partial charge is 0.392 e. The second kappa shape index (κ2) is 6.23. The summed E-state index contributed by atoms with van der Waals surface area (Å²) < 4.78 is 0. The molecule has 2 aromatic heterocycles. The Balaban J connectivity index is 1.72. The highest BCUT2D eigenvalue weighted by Crippen LogP contribution is 2.38. The molecular formula is C21H26N4O2. The molecule has 27 heavy (non-hydrogen) atoms. The van der Waals surface area contributed by atoms with E-state index in [1.54, 1.807) is 11.9 Å². The van der Waals surface area contributed by atoms with Gasteiger partial charge in [-0.1, -0.05) is 26.8 Å². The highest BCUT2D eigenvalue weighted by atomic mass is 16.3. The van der Waals surface area contributed by atoms with Crippen LogP contribution in [0.2, 0.25) is 0 Å². The van der Waals surface area contributed by atoms with Gasteiger partial charge in [0.1, 0.15) is 5.69 Å². The van der Waals surface area contributed by atoms with Crippen LogP contribution in [-0.2, 0) is 17.6 Å². The number of nitrogens with zero attached hydrogens (tertiary/aromatic N) is 2. The second-order valence-corrected chi connectivity index (χ2v) is 8.18. The number of nitrogens with one attached hydrogen (secondary N) is 2. The number of carbonyl (C=O) groups excluding carboxylic acids is 1. The molecule has 0 saturated heterocycles. The SMILES string of the molecule is CCC(=O)N(C)c1ccc2cc(-c3n[nH]c4c3CC(O)C(C)(C)C4)[nH]c2c1. The van der Waals surface area contributed by atoms with Crippen molar-refractivity contribution < 1.29 is 9.90 Å². The monoisotopic (exact) mass is 366 g/mol. The van der Waals surface area contributed by atoms with Gasteiger partial charge in [-0.15, -0.1) is 0 Å². The van der Waals surface area contributed by atoms with E-state index in [2.05, 4.69) is 35.1 Å². The lowest BCUT2D eigenvalue weighted by Gasteiger charge is -2.34. The molecule has 0 saturated carbocycles. The van der Waals surface area contributed by atoms with E-state index < -0.39 is 0 Å². The number of hydrogen-bond acceptors (Lipinski definition) is 3. The number of aliphatic hydroxyl groups is 1. The fourth-order valence-electron chi connectivity index (χ4n) is 3.87. The number of benzene rings is 1. The predicted molar refractivity (Wildman–Crippen MR) is 107 cm³/mol. The molecule has 1 unspecified atom stereocenters. The fourth-order valence-corrected chi connectivity index (χ4v) is 3.87. The summed E-state index contributed by atoms with van der Waals surface area (Å²) in [5.41, 5.74) is 5.67. The van der Waals surface area contributed by atoms with Crippen molar-refractivity contribution in [1.82, 2.24) is 15.2 Å². The quantitative estimate of drug-likeness (QED) is 0.664. The van der Waals surface area contributed by atoms with Crippen LogP contribution in [0.15, 0.2) is 24.3 Å². The highest BCUT2D eigenvalue weighted by Gasteiger charge is 2.36. The standard InChI is InChI=1S/C21H26N4O2/c1-5-19(27)25(4)13-7-6-12-8-16(22-15(12)9-13)20-14-10-18(26)21(2,3)11-17(14)23-24-20/h6-9,18,22,26H,5,10-11H2,1-4H3,(H,23,24). The third kappa shape index (κ3) is 2.94. The summed E-state index contributed by atoms with van der Waals surface area (Å²) in [6.45, 7) is 6.03. The topological polar surface area (TPSA) is 85.0 Å². The van der Waals surface area contributed by atoms with Gasteiger partial charge in [0.25, 0.3) is 0 Å². The molecule has 4 rings (SSSR count). The number of aromatic nitrogens is 3. The van der Waals surface area contributed by atoms with Crippen LogP contribution in [-0.4, -0.2) is 39.3 Å². The summed E-state index contributed by atoms with van der Waals surface area (Å²) in [6.07, 6.45) is 1.47. The third-order valence-corrected chi connectivity index (χ3v) is 5.81. The maximum atomic E-state index is 12.0. The van der Waals surface area contributed by atoms with Gasteiger partial charge in [0.2, 0.25) is 5.91 Å². The third-order valence-electron chi connectivity index (χ3n) is 5.81. The van der Waals surface area contributed by atoms with Gasteiger partial charge < -0.3 is 15.0 Å². The van der Waals surface area contributed by atoms with E-state index in [-0.39, 0.29) is 17.4 Å². The predicted octanol–water partition coefficient (Wildman–Crippen LogP) is 3.42. The smallest absolute Gasteiger partial charge is 0.226 e. The molecule has 0 radical (unpaired) electrons. The molecule has 1 atom stereocenters. The highest BCUT2D eigenvalue weighted by molar-refractivity contribution is 5.96. The van der Waals surface area contributed by atoms with Gasteiger partial charge in [-0.25, -0.2) is 0 Å². The molecule has 6 nitrogen and oxygen atoms in total. The molecule has 0 bridgehead atoms. The van der Waals surface area contributed by atoms with Crippen molar-refractivity contribution in [3.05, 3.63) is 35.5 Å². The number of aliphatic hydroxyl groups excluding tert-OH is 1. The van der Waals surface area contributed by atoms with Crippen molar-refractivity contribution in [3.8, 4) is 11.4 Å². The van der Waals surface area contributed by atoms with Crippen LogP contribution in [0.4, 0.5) is 5.69 Å². The van der Waals surface area contributed by atoms with E-state index in [1.807, 2.05) is 25.1 Å². The normalized spacial score (nSPS) is 18.5. The molecule has 6 heteroatoms. The summed E-state index contributed by atoms with van der Waals surface area (Å²) in [5.74, 6) is 0.0825. The summed E-state index contributed by atoms with van der Waals surface area (Å²) in [6, 6.07) is 8.04. The van der Waals surface area contributed by atoms with Gasteiger partial charge in [0.15, 0.2) is 0 Å². The number of amides is 1. The Kier molecular flexibility index (Phi) is 4.11. The summed E-state index contributed by atoms with van der Waals surface area (Å²) >= 11 is 0. The van der Waals surface area contributed by atoms with Crippen LogP contribution in [0.3, 0.4) is 0 Å². The molecule has 1 aromatic carbocycles. The number of hydrogen-bond donors (Lipinski definition) is 3.